The fourth-order valence-electron chi connectivity index (χ4n) is 0.638. The largest absolute Gasteiger partial charge is 0.333 e. The topological polar surface area (TPSA) is 86.5 Å². The minimum absolute atomic E-state index is 0.0429. The van der Waals surface area contributed by atoms with E-state index in [2.05, 4.69) is 9.32 Å². The molecule has 0 fully saturated rings. The van der Waals surface area contributed by atoms with Crippen LogP contribution in [0.1, 0.15) is 20.3 Å². The zero-order valence-corrected chi connectivity index (χ0v) is 7.93. The van der Waals surface area contributed by atoms with E-state index in [1.807, 2.05) is 0 Å². The van der Waals surface area contributed by atoms with Crippen molar-refractivity contribution < 1.29 is 17.4 Å². The molecule has 0 radical (unpaired) electrons. The molecule has 0 aromatic heterocycles. The van der Waals surface area contributed by atoms with Crippen LogP contribution in [0.2, 0.25) is 0 Å². The number of Topliss-reactive ketones (excluding diaryl/α,β-unsaturated/α-hetero) is 1. The second-order valence-electron chi connectivity index (χ2n) is 2.50. The Kier molecular flexibility index (Phi) is 4.36. The summed E-state index contributed by atoms with van der Waals surface area (Å²) in [6, 6.07) is 0. The first-order valence-electron chi connectivity index (χ1n) is 3.56. The summed E-state index contributed by atoms with van der Waals surface area (Å²) in [6.45, 7) is 3.12. The third kappa shape index (κ3) is 5.22. The summed E-state index contributed by atoms with van der Waals surface area (Å²) in [5, 5.41) is 4.56. The Hall–Kier alpha value is -0.460. The average molecular weight is 195 g/mol. The van der Waals surface area contributed by atoms with Gasteiger partial charge in [-0.25, -0.2) is 5.14 Å². The van der Waals surface area contributed by atoms with E-state index in [0.29, 0.717) is 6.42 Å². The summed E-state index contributed by atoms with van der Waals surface area (Å²) in [5.74, 6) is -0.466. The monoisotopic (exact) mass is 195 g/mol. The van der Waals surface area contributed by atoms with Crippen LogP contribution in [0.4, 0.5) is 0 Å². The summed E-state index contributed by atoms with van der Waals surface area (Å²) in [5.41, 5.74) is 0. The van der Waals surface area contributed by atoms with Gasteiger partial charge in [-0.2, -0.15) is 8.42 Å². The number of nitrogens with two attached hydrogens (primary N) is 1. The Labute approximate surface area is 72.1 Å². The van der Waals surface area contributed by atoms with Crippen molar-refractivity contribution in [2.75, 3.05) is 6.61 Å². The molecule has 1 atom stereocenters. The zero-order valence-electron chi connectivity index (χ0n) is 7.11. The van der Waals surface area contributed by atoms with Gasteiger partial charge < -0.3 is 0 Å². The van der Waals surface area contributed by atoms with Gasteiger partial charge >= 0.3 is 10.3 Å². The molecule has 0 aromatic rings. The molecule has 0 heterocycles. The van der Waals surface area contributed by atoms with E-state index in [4.69, 9.17) is 0 Å². The van der Waals surface area contributed by atoms with Gasteiger partial charge in [-0.1, -0.05) is 13.8 Å². The van der Waals surface area contributed by atoms with Crippen LogP contribution in [0.3, 0.4) is 0 Å². The van der Waals surface area contributed by atoms with Crippen molar-refractivity contribution in [3.05, 3.63) is 0 Å². The van der Waals surface area contributed by atoms with Gasteiger partial charge in [0.25, 0.3) is 0 Å². The highest BCUT2D eigenvalue weighted by molar-refractivity contribution is 7.84. The molecular formula is C6H13NO4S. The highest BCUT2D eigenvalue weighted by Gasteiger charge is 2.13. The quantitative estimate of drug-likeness (QED) is 0.659. The fraction of sp³-hybridized carbons (Fsp3) is 0.833. The summed E-state index contributed by atoms with van der Waals surface area (Å²) in [4.78, 5) is 10.9. The van der Waals surface area contributed by atoms with Crippen LogP contribution in [-0.2, 0) is 19.3 Å². The molecule has 0 rings (SSSR count). The van der Waals surface area contributed by atoms with Gasteiger partial charge in [0, 0.05) is 12.3 Å². The van der Waals surface area contributed by atoms with E-state index >= 15 is 0 Å². The van der Waals surface area contributed by atoms with E-state index in [1.54, 1.807) is 13.8 Å². The number of rotatable bonds is 5. The Morgan fingerprint density at radius 3 is 2.42 bits per heavy atom. The third-order valence-electron chi connectivity index (χ3n) is 1.38. The van der Waals surface area contributed by atoms with Gasteiger partial charge in [0.05, 0.1) is 6.61 Å². The molecule has 0 amide bonds. The molecule has 2 N–H and O–H groups in total. The van der Waals surface area contributed by atoms with Gasteiger partial charge in [0.15, 0.2) is 0 Å². The first-order valence-corrected chi connectivity index (χ1v) is 5.03. The molecular weight excluding hydrogens is 182 g/mol. The Morgan fingerprint density at radius 1 is 1.58 bits per heavy atom. The highest BCUT2D eigenvalue weighted by Crippen LogP contribution is 2.01. The molecule has 0 aliphatic heterocycles. The smallest absolute Gasteiger partial charge is 0.299 e. The van der Waals surface area contributed by atoms with Crippen molar-refractivity contribution in [2.24, 2.45) is 11.1 Å². The number of hydrogen-bond donors (Lipinski definition) is 1. The standard InChI is InChI=1S/C6H13NO4S/c1-3-6(8)5(2)4-11-12(7,9)10/h5H,3-4H2,1-2H3,(H2,7,9,10). The first kappa shape index (κ1) is 11.5. The molecule has 0 aromatic carbocycles. The lowest BCUT2D eigenvalue weighted by Crippen LogP contribution is -2.23. The predicted molar refractivity (Wildman–Crippen MR) is 43.5 cm³/mol. The van der Waals surface area contributed by atoms with Crippen LogP contribution < -0.4 is 5.14 Å². The molecule has 12 heavy (non-hydrogen) atoms. The molecule has 5 nitrogen and oxygen atoms in total. The maximum Gasteiger partial charge on any atom is 0.333 e. The summed E-state index contributed by atoms with van der Waals surface area (Å²) < 4.78 is 24.8. The number of ketones is 1. The number of carbonyl (C=O) groups is 1. The lowest BCUT2D eigenvalue weighted by atomic mass is 10.1. The zero-order chi connectivity index (χ0) is 9.78. The molecule has 0 saturated carbocycles. The van der Waals surface area contributed by atoms with Crippen LogP contribution >= 0.6 is 0 Å². The minimum atomic E-state index is -3.91. The van der Waals surface area contributed by atoms with Crippen molar-refractivity contribution in [1.29, 1.82) is 0 Å². The van der Waals surface area contributed by atoms with Gasteiger partial charge in [-0.15, -0.1) is 0 Å². The Bertz CT molecular complexity index is 246. The van der Waals surface area contributed by atoms with Crippen LogP contribution in [0.15, 0.2) is 0 Å². The lowest BCUT2D eigenvalue weighted by molar-refractivity contribution is -0.122. The average Bonchev–Trinajstić information content (AvgIpc) is 1.97. The molecule has 6 heteroatoms. The fourth-order valence-corrected chi connectivity index (χ4v) is 1.03. The van der Waals surface area contributed by atoms with E-state index < -0.39 is 16.2 Å². The maximum atomic E-state index is 10.9. The van der Waals surface area contributed by atoms with Gasteiger partial charge in [0.1, 0.15) is 5.78 Å². The Balaban J connectivity index is 3.88. The van der Waals surface area contributed by atoms with Gasteiger partial charge in [-0.05, 0) is 0 Å². The third-order valence-corrected chi connectivity index (χ3v) is 1.85. The second-order valence-corrected chi connectivity index (χ2v) is 3.72. The molecule has 1 unspecified atom stereocenters. The molecule has 0 saturated heterocycles. The Morgan fingerprint density at radius 2 is 2.08 bits per heavy atom. The predicted octanol–water partition coefficient (Wildman–Crippen LogP) is -0.178. The van der Waals surface area contributed by atoms with E-state index in [-0.39, 0.29) is 12.4 Å². The lowest BCUT2D eigenvalue weighted by Gasteiger charge is -2.07. The second kappa shape index (κ2) is 4.54. The van der Waals surface area contributed by atoms with Gasteiger partial charge in [-0.3, -0.25) is 8.98 Å². The SMILES string of the molecule is CCC(=O)C(C)COS(N)(=O)=O. The van der Waals surface area contributed by atoms with Crippen molar-refractivity contribution in [1.82, 2.24) is 0 Å². The summed E-state index contributed by atoms with van der Waals surface area (Å²) in [6.07, 6.45) is 0.370. The molecule has 0 spiro atoms. The summed E-state index contributed by atoms with van der Waals surface area (Å²) >= 11 is 0. The van der Waals surface area contributed by atoms with E-state index in [0.717, 1.165) is 0 Å². The van der Waals surface area contributed by atoms with E-state index in [1.165, 1.54) is 0 Å². The van der Waals surface area contributed by atoms with Crippen LogP contribution in [0.25, 0.3) is 0 Å². The number of hydrogen-bond acceptors (Lipinski definition) is 4. The molecule has 0 aliphatic rings. The van der Waals surface area contributed by atoms with Crippen molar-refractivity contribution in [3.63, 3.8) is 0 Å². The van der Waals surface area contributed by atoms with Crippen molar-refractivity contribution in [3.8, 4) is 0 Å². The van der Waals surface area contributed by atoms with Crippen molar-refractivity contribution in [2.45, 2.75) is 20.3 Å². The highest BCUT2D eigenvalue weighted by atomic mass is 32.2. The van der Waals surface area contributed by atoms with Crippen LogP contribution in [-0.4, -0.2) is 20.8 Å². The minimum Gasteiger partial charge on any atom is -0.299 e. The van der Waals surface area contributed by atoms with Crippen LogP contribution in [0, 0.1) is 5.92 Å². The summed E-state index contributed by atoms with van der Waals surface area (Å²) in [7, 11) is -3.91. The molecule has 0 aliphatic carbocycles. The van der Waals surface area contributed by atoms with Gasteiger partial charge in [0.2, 0.25) is 0 Å². The van der Waals surface area contributed by atoms with Crippen molar-refractivity contribution >= 4 is 16.1 Å². The first-order chi connectivity index (χ1) is 5.37. The maximum absolute atomic E-state index is 10.9. The number of carbonyl (C=O) groups excluding carboxylic acids is 1. The van der Waals surface area contributed by atoms with E-state index in [9.17, 15) is 13.2 Å². The molecule has 72 valence electrons. The van der Waals surface area contributed by atoms with Crippen LogP contribution in [0.5, 0.6) is 0 Å². The molecule has 0 bridgehead atoms. The normalized spacial score (nSPS) is 14.2.